The summed E-state index contributed by atoms with van der Waals surface area (Å²) in [6, 6.07) is 0.939. The van der Waals surface area contributed by atoms with Crippen LogP contribution in [0.15, 0.2) is 0 Å². The average Bonchev–Trinajstić information content (AvgIpc) is 2.51. The fourth-order valence-corrected chi connectivity index (χ4v) is 3.70. The van der Waals surface area contributed by atoms with Gasteiger partial charge in [0.2, 0.25) is 0 Å². The van der Waals surface area contributed by atoms with Gasteiger partial charge in [0.05, 0.1) is 0 Å². The molecule has 2 rings (SSSR count). The number of carbonyl (C=O) groups excluding carboxylic acids is 1. The van der Waals surface area contributed by atoms with Crippen molar-refractivity contribution in [1.82, 2.24) is 16.0 Å². The molecule has 0 radical (unpaired) electrons. The standard InChI is InChI=1S/C18H35N3O2/c1-18(2,3)23-17(22)20-13-16(14-7-5-4-6-8-14)21-15-9-11-19-12-10-15/h14-16,19,21H,4-13H2,1-3H3,(H,20,22). The van der Waals surface area contributed by atoms with Crippen LogP contribution >= 0.6 is 0 Å². The molecule has 0 spiro atoms. The molecule has 2 fully saturated rings. The summed E-state index contributed by atoms with van der Waals surface area (Å²) in [5.41, 5.74) is -0.438. The summed E-state index contributed by atoms with van der Waals surface area (Å²) in [6.07, 6.45) is 8.60. The molecule has 1 amide bonds. The molecule has 1 aliphatic heterocycles. The SMILES string of the molecule is CC(C)(C)OC(=O)NCC(NC1CCNCC1)C1CCCCC1. The third-order valence-corrected chi connectivity index (χ3v) is 4.87. The van der Waals surface area contributed by atoms with Gasteiger partial charge >= 0.3 is 6.09 Å². The van der Waals surface area contributed by atoms with Gasteiger partial charge in [-0.15, -0.1) is 0 Å². The second kappa shape index (κ2) is 8.88. The number of carbonyl (C=O) groups is 1. The highest BCUT2D eigenvalue weighted by molar-refractivity contribution is 5.67. The molecule has 23 heavy (non-hydrogen) atoms. The molecule has 2 aliphatic rings. The molecule has 1 unspecified atom stereocenters. The maximum Gasteiger partial charge on any atom is 0.407 e. The molecule has 1 aliphatic carbocycles. The van der Waals surface area contributed by atoms with Crippen molar-refractivity contribution in [2.24, 2.45) is 5.92 Å². The van der Waals surface area contributed by atoms with Crippen molar-refractivity contribution >= 4 is 6.09 Å². The minimum absolute atomic E-state index is 0.301. The number of nitrogens with one attached hydrogen (secondary N) is 3. The van der Waals surface area contributed by atoms with E-state index < -0.39 is 5.60 Å². The Bertz CT molecular complexity index is 356. The number of hydrogen-bond donors (Lipinski definition) is 3. The Balaban J connectivity index is 1.85. The van der Waals surface area contributed by atoms with Crippen molar-refractivity contribution in [1.29, 1.82) is 0 Å². The van der Waals surface area contributed by atoms with E-state index in [1.165, 1.54) is 44.9 Å². The summed E-state index contributed by atoms with van der Waals surface area (Å²) in [7, 11) is 0. The first-order chi connectivity index (χ1) is 10.9. The Hall–Kier alpha value is -0.810. The second-order valence-corrected chi connectivity index (χ2v) is 8.08. The monoisotopic (exact) mass is 325 g/mol. The van der Waals surface area contributed by atoms with Crippen LogP contribution < -0.4 is 16.0 Å². The third-order valence-electron chi connectivity index (χ3n) is 4.87. The molecule has 1 saturated carbocycles. The minimum atomic E-state index is -0.438. The number of hydrogen-bond acceptors (Lipinski definition) is 4. The van der Waals surface area contributed by atoms with Crippen molar-refractivity contribution < 1.29 is 9.53 Å². The molecular formula is C18H35N3O2. The van der Waals surface area contributed by atoms with Crippen LogP contribution in [-0.2, 0) is 4.74 Å². The maximum atomic E-state index is 12.0. The Labute approximate surface area is 141 Å². The topological polar surface area (TPSA) is 62.4 Å². The van der Waals surface area contributed by atoms with E-state index in [0.717, 1.165) is 13.1 Å². The zero-order valence-electron chi connectivity index (χ0n) is 15.1. The Morgan fingerprint density at radius 3 is 2.39 bits per heavy atom. The number of ether oxygens (including phenoxy) is 1. The lowest BCUT2D eigenvalue weighted by Crippen LogP contribution is -2.52. The van der Waals surface area contributed by atoms with Gasteiger partial charge < -0.3 is 20.7 Å². The van der Waals surface area contributed by atoms with Crippen LogP contribution in [0.3, 0.4) is 0 Å². The molecule has 0 bridgehead atoms. The predicted molar refractivity (Wildman–Crippen MR) is 93.6 cm³/mol. The molecule has 0 aromatic heterocycles. The molecular weight excluding hydrogens is 290 g/mol. The molecule has 1 saturated heterocycles. The minimum Gasteiger partial charge on any atom is -0.444 e. The number of alkyl carbamates (subject to hydrolysis) is 1. The quantitative estimate of drug-likeness (QED) is 0.727. The van der Waals surface area contributed by atoms with Crippen LogP contribution in [0, 0.1) is 5.92 Å². The molecule has 1 atom stereocenters. The lowest BCUT2D eigenvalue weighted by molar-refractivity contribution is 0.0513. The molecule has 1 heterocycles. The second-order valence-electron chi connectivity index (χ2n) is 8.08. The molecule has 0 aromatic carbocycles. The van der Waals surface area contributed by atoms with E-state index in [-0.39, 0.29) is 6.09 Å². The fraction of sp³-hybridized carbons (Fsp3) is 0.944. The average molecular weight is 325 g/mol. The summed E-state index contributed by atoms with van der Waals surface area (Å²) >= 11 is 0. The van der Waals surface area contributed by atoms with Crippen molar-refractivity contribution in [3.05, 3.63) is 0 Å². The fourth-order valence-electron chi connectivity index (χ4n) is 3.70. The highest BCUT2D eigenvalue weighted by Crippen LogP contribution is 2.27. The van der Waals surface area contributed by atoms with E-state index in [2.05, 4.69) is 16.0 Å². The highest BCUT2D eigenvalue weighted by atomic mass is 16.6. The van der Waals surface area contributed by atoms with Gasteiger partial charge in [-0.1, -0.05) is 19.3 Å². The zero-order valence-corrected chi connectivity index (χ0v) is 15.1. The number of piperidine rings is 1. The first-order valence-corrected chi connectivity index (χ1v) is 9.37. The van der Waals surface area contributed by atoms with Crippen molar-refractivity contribution in [2.45, 2.75) is 83.4 Å². The van der Waals surface area contributed by atoms with Gasteiger partial charge in [0.25, 0.3) is 0 Å². The predicted octanol–water partition coefficient (Wildman–Crippen LogP) is 2.80. The van der Waals surface area contributed by atoms with Crippen LogP contribution in [0.4, 0.5) is 4.79 Å². The van der Waals surface area contributed by atoms with Crippen molar-refractivity contribution in [3.63, 3.8) is 0 Å². The highest BCUT2D eigenvalue weighted by Gasteiger charge is 2.27. The van der Waals surface area contributed by atoms with Gasteiger partial charge in [-0.05, 0) is 65.5 Å². The first kappa shape index (κ1) is 18.5. The Morgan fingerprint density at radius 2 is 1.78 bits per heavy atom. The molecule has 5 nitrogen and oxygen atoms in total. The normalized spacial score (nSPS) is 22.6. The smallest absolute Gasteiger partial charge is 0.407 e. The van der Waals surface area contributed by atoms with Gasteiger partial charge in [0.1, 0.15) is 5.60 Å². The molecule has 3 N–H and O–H groups in total. The summed E-state index contributed by atoms with van der Waals surface area (Å²) < 4.78 is 5.38. The number of amides is 1. The first-order valence-electron chi connectivity index (χ1n) is 9.37. The van der Waals surface area contributed by atoms with Crippen molar-refractivity contribution in [3.8, 4) is 0 Å². The zero-order chi connectivity index (χ0) is 16.7. The van der Waals surface area contributed by atoms with Gasteiger partial charge in [-0.25, -0.2) is 4.79 Å². The van der Waals surface area contributed by atoms with Gasteiger partial charge in [0.15, 0.2) is 0 Å². The summed E-state index contributed by atoms with van der Waals surface area (Å²) in [5, 5.41) is 10.2. The van der Waals surface area contributed by atoms with Crippen LogP contribution in [0.5, 0.6) is 0 Å². The van der Waals surface area contributed by atoms with E-state index in [0.29, 0.717) is 24.5 Å². The van der Waals surface area contributed by atoms with Crippen LogP contribution in [0.2, 0.25) is 0 Å². The van der Waals surface area contributed by atoms with E-state index in [1.807, 2.05) is 20.8 Å². The van der Waals surface area contributed by atoms with E-state index in [1.54, 1.807) is 0 Å². The van der Waals surface area contributed by atoms with Gasteiger partial charge in [-0.3, -0.25) is 0 Å². The molecule has 134 valence electrons. The van der Waals surface area contributed by atoms with E-state index in [4.69, 9.17) is 4.74 Å². The summed E-state index contributed by atoms with van der Waals surface area (Å²) in [4.78, 5) is 12.0. The Kier molecular flexibility index (Phi) is 7.15. The summed E-state index contributed by atoms with van der Waals surface area (Å²) in [6.45, 7) is 8.56. The van der Waals surface area contributed by atoms with Crippen LogP contribution in [0.25, 0.3) is 0 Å². The van der Waals surface area contributed by atoms with E-state index in [9.17, 15) is 4.79 Å². The lowest BCUT2D eigenvalue weighted by Gasteiger charge is -2.35. The third kappa shape index (κ3) is 7.08. The van der Waals surface area contributed by atoms with Gasteiger partial charge in [-0.2, -0.15) is 0 Å². The molecule has 0 aromatic rings. The van der Waals surface area contributed by atoms with Crippen molar-refractivity contribution in [2.75, 3.05) is 19.6 Å². The van der Waals surface area contributed by atoms with Crippen LogP contribution in [-0.4, -0.2) is 43.4 Å². The molecule has 5 heteroatoms. The Morgan fingerprint density at radius 1 is 1.13 bits per heavy atom. The maximum absolute atomic E-state index is 12.0. The lowest BCUT2D eigenvalue weighted by atomic mass is 9.83. The van der Waals surface area contributed by atoms with Gasteiger partial charge in [0, 0.05) is 18.6 Å². The largest absolute Gasteiger partial charge is 0.444 e. The van der Waals surface area contributed by atoms with E-state index >= 15 is 0 Å². The van der Waals surface area contributed by atoms with Crippen LogP contribution in [0.1, 0.15) is 65.7 Å². The number of rotatable bonds is 5. The summed E-state index contributed by atoms with van der Waals surface area (Å²) in [5.74, 6) is 0.675.